The van der Waals surface area contributed by atoms with E-state index in [1.807, 2.05) is 6.92 Å². The van der Waals surface area contributed by atoms with E-state index in [0.717, 1.165) is 28.2 Å². The van der Waals surface area contributed by atoms with E-state index in [0.29, 0.717) is 29.7 Å². The smallest absolute Gasteiger partial charge is 0.416 e. The summed E-state index contributed by atoms with van der Waals surface area (Å²) in [5.74, 6) is -1.07. The molecular weight excluding hydrogens is 507 g/mol. The fraction of sp³-hybridized carbons (Fsp3) is 0.355. The topological polar surface area (TPSA) is 66.8 Å². The van der Waals surface area contributed by atoms with Crippen molar-refractivity contribution in [2.75, 3.05) is 6.54 Å². The van der Waals surface area contributed by atoms with Gasteiger partial charge in [-0.2, -0.15) is 13.2 Å². The van der Waals surface area contributed by atoms with Gasteiger partial charge in [-0.15, -0.1) is 0 Å². The maximum atomic E-state index is 13.3. The minimum absolute atomic E-state index is 0.0620. The predicted molar refractivity (Wildman–Crippen MR) is 142 cm³/mol. The molecule has 5 nitrogen and oxygen atoms in total. The Bertz CT molecular complexity index is 1360. The second kappa shape index (κ2) is 10.4. The Labute approximate surface area is 226 Å². The van der Waals surface area contributed by atoms with Crippen LogP contribution in [0.5, 0.6) is 5.75 Å². The van der Waals surface area contributed by atoms with Crippen molar-refractivity contribution in [3.8, 4) is 5.75 Å². The summed E-state index contributed by atoms with van der Waals surface area (Å²) < 4.78 is 45.0. The Hall–Kier alpha value is -3.81. The monoisotopic (exact) mass is 539 g/mol. The Morgan fingerprint density at radius 2 is 1.51 bits per heavy atom. The molecule has 0 fully saturated rings. The average molecular weight is 540 g/mol. The van der Waals surface area contributed by atoms with E-state index >= 15 is 0 Å². The molecule has 1 atom stereocenters. The lowest BCUT2D eigenvalue weighted by Crippen LogP contribution is -2.35. The Morgan fingerprint density at radius 1 is 0.923 bits per heavy atom. The molecule has 0 radical (unpaired) electrons. The molecular formula is C31H32F3NO4. The van der Waals surface area contributed by atoms with Crippen LogP contribution in [-0.4, -0.2) is 34.0 Å². The highest BCUT2D eigenvalue weighted by molar-refractivity contribution is 5.96. The van der Waals surface area contributed by atoms with Crippen molar-refractivity contribution < 1.29 is 32.6 Å². The summed E-state index contributed by atoms with van der Waals surface area (Å²) in [4.78, 5) is 25.9. The molecule has 1 amide bonds. The van der Waals surface area contributed by atoms with Gasteiger partial charge in [-0.05, 0) is 64.9 Å². The first kappa shape index (κ1) is 28.2. The molecule has 3 aromatic rings. The standard InChI is InChI=1S/C31H32F3NO4/c1-29(2,3)24-10-5-20(6-11-24)16-30(4)17-23-15-22(9-14-26(23)39-30)28(38)35(19-27(36)37)18-21-7-12-25(13-8-21)31(32,33)34/h5-15H,16-19H2,1-4H3,(H,36,37)/t30-/m0/s1. The van der Waals surface area contributed by atoms with Crippen molar-refractivity contribution in [2.45, 2.75) is 64.3 Å². The molecule has 1 N–H and O–H groups in total. The van der Waals surface area contributed by atoms with Crippen LogP contribution in [0.2, 0.25) is 0 Å². The normalized spacial score (nSPS) is 16.9. The Balaban J connectivity index is 1.49. The van der Waals surface area contributed by atoms with Crippen LogP contribution in [0.1, 0.15) is 65.9 Å². The quantitative estimate of drug-likeness (QED) is 0.364. The van der Waals surface area contributed by atoms with E-state index in [2.05, 4.69) is 45.0 Å². The lowest BCUT2D eigenvalue weighted by atomic mass is 9.85. The molecule has 8 heteroatoms. The van der Waals surface area contributed by atoms with Gasteiger partial charge in [0.2, 0.25) is 0 Å². The molecule has 206 valence electrons. The summed E-state index contributed by atoms with van der Waals surface area (Å²) in [5.41, 5.74) is 2.67. The minimum atomic E-state index is -4.48. The third-order valence-electron chi connectivity index (χ3n) is 6.89. The fourth-order valence-electron chi connectivity index (χ4n) is 4.87. The van der Waals surface area contributed by atoms with Crippen molar-refractivity contribution in [2.24, 2.45) is 0 Å². The van der Waals surface area contributed by atoms with Crippen molar-refractivity contribution in [1.82, 2.24) is 4.90 Å². The van der Waals surface area contributed by atoms with Gasteiger partial charge in [-0.25, -0.2) is 0 Å². The number of benzene rings is 3. The molecule has 39 heavy (non-hydrogen) atoms. The van der Waals surface area contributed by atoms with Crippen molar-refractivity contribution >= 4 is 11.9 Å². The molecule has 4 rings (SSSR count). The zero-order chi connectivity index (χ0) is 28.6. The third-order valence-corrected chi connectivity index (χ3v) is 6.89. The number of alkyl halides is 3. The number of hydrogen-bond donors (Lipinski definition) is 1. The van der Waals surface area contributed by atoms with E-state index in [1.165, 1.54) is 17.7 Å². The van der Waals surface area contributed by atoms with Gasteiger partial charge in [0.15, 0.2) is 0 Å². The number of carboxylic acids is 1. The summed E-state index contributed by atoms with van der Waals surface area (Å²) in [7, 11) is 0. The largest absolute Gasteiger partial charge is 0.487 e. The number of rotatable bonds is 7. The van der Waals surface area contributed by atoms with Crippen LogP contribution in [0.15, 0.2) is 66.7 Å². The van der Waals surface area contributed by atoms with E-state index in [-0.39, 0.29) is 12.0 Å². The van der Waals surface area contributed by atoms with Crippen LogP contribution < -0.4 is 4.74 Å². The molecule has 1 aliphatic heterocycles. The van der Waals surface area contributed by atoms with Gasteiger partial charge >= 0.3 is 12.1 Å². The van der Waals surface area contributed by atoms with Crippen molar-refractivity contribution in [3.05, 3.63) is 100 Å². The number of hydrogen-bond acceptors (Lipinski definition) is 3. The third kappa shape index (κ3) is 6.80. The lowest BCUT2D eigenvalue weighted by Gasteiger charge is -2.25. The molecule has 0 spiro atoms. The van der Waals surface area contributed by atoms with Crippen molar-refractivity contribution in [1.29, 1.82) is 0 Å². The van der Waals surface area contributed by atoms with Gasteiger partial charge in [0, 0.05) is 24.9 Å². The number of ether oxygens (including phenoxy) is 1. The van der Waals surface area contributed by atoms with Crippen LogP contribution in [0, 0.1) is 0 Å². The van der Waals surface area contributed by atoms with Crippen LogP contribution >= 0.6 is 0 Å². The van der Waals surface area contributed by atoms with Gasteiger partial charge in [-0.3, -0.25) is 9.59 Å². The number of nitrogens with zero attached hydrogens (tertiary/aromatic N) is 1. The first-order valence-corrected chi connectivity index (χ1v) is 12.7. The lowest BCUT2D eigenvalue weighted by molar-refractivity contribution is -0.138. The number of halogens is 3. The SMILES string of the molecule is CC(C)(C)c1ccc(C[C@@]2(C)Cc3cc(C(=O)N(CC(=O)O)Cc4ccc(C(F)(F)F)cc4)ccc3O2)cc1. The second-order valence-electron chi connectivity index (χ2n) is 11.4. The highest BCUT2D eigenvalue weighted by Gasteiger charge is 2.36. The Morgan fingerprint density at radius 3 is 2.08 bits per heavy atom. The molecule has 0 bridgehead atoms. The van der Waals surface area contributed by atoms with Crippen LogP contribution in [0.3, 0.4) is 0 Å². The van der Waals surface area contributed by atoms with E-state index < -0.39 is 35.8 Å². The van der Waals surface area contributed by atoms with E-state index in [1.54, 1.807) is 18.2 Å². The number of carbonyl (C=O) groups is 2. The molecule has 3 aromatic carbocycles. The highest BCUT2D eigenvalue weighted by Crippen LogP contribution is 2.38. The van der Waals surface area contributed by atoms with Crippen molar-refractivity contribution in [3.63, 3.8) is 0 Å². The second-order valence-corrected chi connectivity index (χ2v) is 11.4. The van der Waals surface area contributed by atoms with Gasteiger partial charge in [0.1, 0.15) is 17.9 Å². The molecule has 0 unspecified atom stereocenters. The summed E-state index contributed by atoms with van der Waals surface area (Å²) in [5, 5.41) is 9.37. The molecule has 0 aliphatic carbocycles. The zero-order valence-corrected chi connectivity index (χ0v) is 22.4. The van der Waals surface area contributed by atoms with Crippen LogP contribution in [0.4, 0.5) is 13.2 Å². The number of carbonyl (C=O) groups excluding carboxylic acids is 1. The number of aliphatic carboxylic acids is 1. The van der Waals surface area contributed by atoms with Gasteiger partial charge in [-0.1, -0.05) is 57.2 Å². The zero-order valence-electron chi connectivity index (χ0n) is 22.4. The summed E-state index contributed by atoms with van der Waals surface area (Å²) in [6, 6.07) is 17.8. The molecule has 0 saturated carbocycles. The maximum absolute atomic E-state index is 13.3. The van der Waals surface area contributed by atoms with Gasteiger partial charge in [0.05, 0.1) is 5.56 Å². The summed E-state index contributed by atoms with van der Waals surface area (Å²) in [6.07, 6.45) is -3.23. The summed E-state index contributed by atoms with van der Waals surface area (Å²) >= 11 is 0. The molecule has 1 heterocycles. The van der Waals surface area contributed by atoms with E-state index in [9.17, 15) is 27.9 Å². The first-order valence-electron chi connectivity index (χ1n) is 12.7. The molecule has 0 saturated heterocycles. The predicted octanol–water partition coefficient (Wildman–Crippen LogP) is 6.67. The molecule has 1 aliphatic rings. The average Bonchev–Trinajstić information content (AvgIpc) is 3.17. The Kier molecular flexibility index (Phi) is 7.52. The maximum Gasteiger partial charge on any atom is 0.416 e. The van der Waals surface area contributed by atoms with E-state index in [4.69, 9.17) is 4.74 Å². The number of carboxylic acid groups (broad SMARTS) is 1. The minimum Gasteiger partial charge on any atom is -0.487 e. The van der Waals surface area contributed by atoms with Gasteiger partial charge < -0.3 is 14.7 Å². The van der Waals surface area contributed by atoms with Crippen LogP contribution in [0.25, 0.3) is 0 Å². The number of fused-ring (bicyclic) bond motifs is 1. The van der Waals surface area contributed by atoms with Gasteiger partial charge in [0.25, 0.3) is 5.91 Å². The van der Waals surface area contributed by atoms with Crippen LogP contribution in [-0.2, 0) is 35.8 Å². The molecule has 0 aromatic heterocycles. The first-order chi connectivity index (χ1) is 18.1. The summed E-state index contributed by atoms with van der Waals surface area (Å²) in [6.45, 7) is 7.79. The highest BCUT2D eigenvalue weighted by atomic mass is 19.4. The number of amides is 1. The fourth-order valence-corrected chi connectivity index (χ4v) is 4.87.